The summed E-state index contributed by atoms with van der Waals surface area (Å²) in [5, 5.41) is 4.83. The maximum atomic E-state index is 13.7. The van der Waals surface area contributed by atoms with E-state index in [1.807, 2.05) is 0 Å². The lowest BCUT2D eigenvalue weighted by molar-refractivity contribution is -0.137. The van der Waals surface area contributed by atoms with Crippen molar-refractivity contribution in [1.82, 2.24) is 20.3 Å². The summed E-state index contributed by atoms with van der Waals surface area (Å²) in [6.45, 7) is 1.49. The van der Waals surface area contributed by atoms with Crippen LogP contribution in [0.15, 0.2) is 72.6 Å². The van der Waals surface area contributed by atoms with Crippen LogP contribution in [0.1, 0.15) is 12.5 Å². The summed E-state index contributed by atoms with van der Waals surface area (Å²) in [5.41, 5.74) is 5.50. The molecule has 1 aliphatic carbocycles. The van der Waals surface area contributed by atoms with Gasteiger partial charge in [-0.1, -0.05) is 19.1 Å². The summed E-state index contributed by atoms with van der Waals surface area (Å²) in [7, 11) is -2.66. The number of nitrogens with zero attached hydrogens (tertiary/aromatic N) is 3. The Labute approximate surface area is 219 Å². The molecule has 1 aliphatic rings. The van der Waals surface area contributed by atoms with Gasteiger partial charge in [-0.2, -0.15) is 21.6 Å². The first-order valence-electron chi connectivity index (χ1n) is 11.0. The summed E-state index contributed by atoms with van der Waals surface area (Å²) in [4.78, 5) is 23.6. The van der Waals surface area contributed by atoms with Crippen molar-refractivity contribution in [2.75, 3.05) is 11.1 Å². The van der Waals surface area contributed by atoms with Gasteiger partial charge in [0.25, 0.3) is 0 Å². The van der Waals surface area contributed by atoms with Crippen molar-refractivity contribution < 1.29 is 35.5 Å². The zero-order valence-electron chi connectivity index (χ0n) is 19.8. The van der Waals surface area contributed by atoms with Crippen molar-refractivity contribution in [1.29, 1.82) is 0 Å². The number of aromatic nitrogens is 3. The van der Waals surface area contributed by atoms with E-state index in [1.54, 1.807) is 0 Å². The third kappa shape index (κ3) is 6.56. The van der Waals surface area contributed by atoms with Gasteiger partial charge < -0.3 is 21.1 Å². The summed E-state index contributed by atoms with van der Waals surface area (Å²) < 4.78 is 80.8. The second-order valence-corrected chi connectivity index (χ2v) is 9.04. The molecule has 1 atom stereocenters. The Kier molecular flexibility index (Phi) is 7.62. The van der Waals surface area contributed by atoms with Crippen LogP contribution in [0.3, 0.4) is 0 Å². The molecule has 2 amide bonds. The first-order chi connectivity index (χ1) is 18.4. The molecule has 3 aromatic rings. The second kappa shape index (κ2) is 10.9. The molecule has 202 valence electrons. The van der Waals surface area contributed by atoms with Gasteiger partial charge in [-0.05, 0) is 35.9 Å². The van der Waals surface area contributed by atoms with E-state index in [0.29, 0.717) is 11.8 Å². The highest BCUT2D eigenvalue weighted by atomic mass is 32.2. The van der Waals surface area contributed by atoms with Crippen LogP contribution >= 0.6 is 0 Å². The Balaban J connectivity index is 1.39. The Morgan fingerprint density at radius 3 is 2.31 bits per heavy atom. The maximum absolute atomic E-state index is 13.7. The number of halogens is 4. The van der Waals surface area contributed by atoms with E-state index in [1.165, 1.54) is 43.6 Å². The second-order valence-electron chi connectivity index (χ2n) is 8.10. The zero-order chi connectivity index (χ0) is 28.3. The van der Waals surface area contributed by atoms with Crippen molar-refractivity contribution in [3.63, 3.8) is 0 Å². The van der Waals surface area contributed by atoms with E-state index in [4.69, 9.17) is 10.5 Å². The van der Waals surface area contributed by atoms with Crippen LogP contribution in [0, 0.1) is 5.92 Å². The van der Waals surface area contributed by atoms with Gasteiger partial charge in [0, 0.05) is 23.4 Å². The van der Waals surface area contributed by atoms with Gasteiger partial charge in [-0.15, -0.1) is 0 Å². The Morgan fingerprint density at radius 2 is 1.69 bits per heavy atom. The molecule has 0 bridgehead atoms. The number of ether oxygens (including phenoxy) is 1. The van der Waals surface area contributed by atoms with Crippen LogP contribution in [0.2, 0.25) is 0 Å². The van der Waals surface area contributed by atoms with Crippen molar-refractivity contribution in [3.05, 3.63) is 78.2 Å². The zero-order valence-corrected chi connectivity index (χ0v) is 20.6. The Bertz CT molecular complexity index is 1610. The number of carbonyl (C=O) groups is 1. The molecule has 1 unspecified atom stereocenters. The van der Waals surface area contributed by atoms with Gasteiger partial charge in [0.2, 0.25) is 10.3 Å². The maximum Gasteiger partial charge on any atom is 0.417 e. The fourth-order valence-electron chi connectivity index (χ4n) is 3.46. The molecule has 2 aromatic heterocycles. The molecule has 4 rings (SSSR count). The number of anilines is 2. The van der Waals surface area contributed by atoms with Crippen LogP contribution in [-0.4, -0.2) is 34.3 Å². The first-order valence-corrected chi connectivity index (χ1v) is 12.0. The average Bonchev–Trinajstić information content (AvgIpc) is 2.87. The van der Waals surface area contributed by atoms with E-state index in [0.717, 1.165) is 18.2 Å². The molecule has 0 saturated carbocycles. The quantitative estimate of drug-likeness (QED) is 0.304. The number of amides is 2. The minimum absolute atomic E-state index is 0.0405. The van der Waals surface area contributed by atoms with Crippen molar-refractivity contribution >= 4 is 32.7 Å². The van der Waals surface area contributed by atoms with Gasteiger partial charge in [-0.25, -0.2) is 24.1 Å². The lowest BCUT2D eigenvalue weighted by Crippen LogP contribution is -2.34. The molecule has 0 radical (unpaired) electrons. The van der Waals surface area contributed by atoms with Crippen LogP contribution in [0.4, 0.5) is 33.9 Å². The Morgan fingerprint density at radius 1 is 1.03 bits per heavy atom. The average molecular weight is 563 g/mol. The van der Waals surface area contributed by atoms with Gasteiger partial charge >= 0.3 is 18.2 Å². The number of hydrogen-bond acceptors (Lipinski definition) is 8. The molecule has 0 spiro atoms. The number of nitrogens with two attached hydrogens (primary N) is 1. The number of allylic oxidation sites excluding steroid dienone is 4. The topological polar surface area (TPSA) is 149 Å². The van der Waals surface area contributed by atoms with Crippen molar-refractivity contribution in [3.8, 4) is 22.9 Å². The van der Waals surface area contributed by atoms with E-state index in [9.17, 15) is 30.8 Å². The van der Waals surface area contributed by atoms with E-state index in [-0.39, 0.29) is 39.4 Å². The van der Waals surface area contributed by atoms with Crippen LogP contribution in [0.25, 0.3) is 11.1 Å². The monoisotopic (exact) mass is 562 g/mol. The summed E-state index contributed by atoms with van der Waals surface area (Å²) in [5.74, 6) is -1.39. The summed E-state index contributed by atoms with van der Waals surface area (Å²) >= 11 is 0. The predicted molar refractivity (Wildman–Crippen MR) is 134 cm³/mol. The SMILES string of the molecule is CC1C(NC(=O)Nc2cnc(Oc3ccc(-c4cc(C(F)(F)F)cnc4N)cc3)nc2)=CC(F)=CC1=S(=O)=O. The molecule has 10 nitrogen and oxygen atoms in total. The smallest absolute Gasteiger partial charge is 0.417 e. The number of urea groups is 1. The van der Waals surface area contributed by atoms with Crippen molar-refractivity contribution in [2.24, 2.45) is 5.92 Å². The number of hydrogen-bond donors (Lipinski definition) is 3. The summed E-state index contributed by atoms with van der Waals surface area (Å²) in [6.07, 6.45) is 0.433. The van der Waals surface area contributed by atoms with Gasteiger partial charge in [-0.3, -0.25) is 0 Å². The highest BCUT2D eigenvalue weighted by Gasteiger charge is 2.31. The van der Waals surface area contributed by atoms with Crippen LogP contribution in [0.5, 0.6) is 11.8 Å². The van der Waals surface area contributed by atoms with Gasteiger partial charge in [0.1, 0.15) is 17.4 Å². The number of carbonyl (C=O) groups excluding carboxylic acids is 1. The highest BCUT2D eigenvalue weighted by Crippen LogP contribution is 2.34. The fraction of sp³-hybridized carbons (Fsp3) is 0.125. The lowest BCUT2D eigenvalue weighted by atomic mass is 9.98. The molecule has 0 aliphatic heterocycles. The molecule has 39 heavy (non-hydrogen) atoms. The number of benzene rings is 1. The third-order valence-corrected chi connectivity index (χ3v) is 6.28. The molecular formula is C24H18F4N6O4S. The van der Waals surface area contributed by atoms with Gasteiger partial charge in [0.15, 0.2) is 0 Å². The minimum atomic E-state index is -4.57. The molecule has 4 N–H and O–H groups in total. The van der Waals surface area contributed by atoms with E-state index in [2.05, 4.69) is 25.6 Å². The first kappa shape index (κ1) is 27.3. The number of rotatable bonds is 5. The largest absolute Gasteiger partial charge is 0.424 e. The molecule has 0 fully saturated rings. The molecule has 2 heterocycles. The Hall–Kier alpha value is -4.79. The third-order valence-electron chi connectivity index (χ3n) is 5.42. The van der Waals surface area contributed by atoms with Crippen LogP contribution in [-0.2, 0) is 16.5 Å². The van der Waals surface area contributed by atoms with Gasteiger partial charge in [0.05, 0.1) is 28.5 Å². The van der Waals surface area contributed by atoms with Crippen molar-refractivity contribution in [2.45, 2.75) is 13.1 Å². The minimum Gasteiger partial charge on any atom is -0.424 e. The van der Waals surface area contributed by atoms with E-state index < -0.39 is 39.8 Å². The molecule has 15 heteroatoms. The normalized spacial score (nSPS) is 15.2. The standard InChI is InChI=1S/C24H18F4N6O4S/c1-12-19(7-15(25)8-20(12)39(36)37)34-22(35)33-16-10-31-23(32-11-16)38-17-4-2-13(3-5-17)18-6-14(24(26,27)28)9-30-21(18)29/h2-12H,1H3,(H2,29,30)(H2,33,34,35). The molecule has 0 saturated heterocycles. The lowest BCUT2D eigenvalue weighted by Gasteiger charge is -2.19. The predicted octanol–water partition coefficient (Wildman–Crippen LogP) is 4.49. The number of alkyl halides is 3. The van der Waals surface area contributed by atoms with Crippen LogP contribution < -0.4 is 21.1 Å². The highest BCUT2D eigenvalue weighted by molar-refractivity contribution is 7.73. The molecular weight excluding hydrogens is 544 g/mol. The molecule has 1 aromatic carbocycles. The number of nitrogens with one attached hydrogen (secondary N) is 2. The number of nitrogen functional groups attached to an aromatic ring is 1. The summed E-state index contributed by atoms with van der Waals surface area (Å²) in [6, 6.07) is 5.97. The number of pyridine rings is 1. The fourth-order valence-corrected chi connectivity index (χ4v) is 4.09. The van der Waals surface area contributed by atoms with E-state index >= 15 is 0 Å².